The number of rotatable bonds is 9. The SMILES string of the molecule is CCCCCCCOCC(C(N)=NO)C(F)(F)F. The predicted molar refractivity (Wildman–Crippen MR) is 62.5 cm³/mol. The van der Waals surface area contributed by atoms with Gasteiger partial charge in [-0.3, -0.25) is 0 Å². The standard InChI is InChI=1S/C11H21F3N2O2/c1-2-3-4-5-6-7-18-8-9(10(15)16-17)11(12,13)14/h9,17H,2-8H2,1H3,(H2,15,16). The smallest absolute Gasteiger partial charge is 0.401 e. The fourth-order valence-corrected chi connectivity index (χ4v) is 1.43. The first kappa shape index (κ1) is 17.0. The molecule has 0 aromatic heterocycles. The molecule has 0 heterocycles. The lowest BCUT2D eigenvalue weighted by Gasteiger charge is -2.18. The Labute approximate surface area is 105 Å². The topological polar surface area (TPSA) is 67.8 Å². The van der Waals surface area contributed by atoms with E-state index in [2.05, 4.69) is 12.1 Å². The molecule has 4 nitrogen and oxygen atoms in total. The third-order valence-corrected chi connectivity index (χ3v) is 2.54. The molecular weight excluding hydrogens is 249 g/mol. The minimum atomic E-state index is -4.56. The van der Waals surface area contributed by atoms with Crippen molar-refractivity contribution in [2.75, 3.05) is 13.2 Å². The van der Waals surface area contributed by atoms with Crippen molar-refractivity contribution in [3.63, 3.8) is 0 Å². The van der Waals surface area contributed by atoms with Gasteiger partial charge in [-0.05, 0) is 6.42 Å². The highest BCUT2D eigenvalue weighted by Gasteiger charge is 2.42. The van der Waals surface area contributed by atoms with Gasteiger partial charge in [-0.2, -0.15) is 13.2 Å². The average Bonchev–Trinajstić information content (AvgIpc) is 2.30. The second-order valence-electron chi connectivity index (χ2n) is 4.11. The molecule has 0 spiro atoms. The van der Waals surface area contributed by atoms with Crippen molar-refractivity contribution in [1.29, 1.82) is 0 Å². The monoisotopic (exact) mass is 270 g/mol. The molecule has 1 unspecified atom stereocenters. The Morgan fingerprint density at radius 2 is 1.89 bits per heavy atom. The van der Waals surface area contributed by atoms with Crippen LogP contribution < -0.4 is 5.73 Å². The summed E-state index contributed by atoms with van der Waals surface area (Å²) in [6.45, 7) is 1.74. The maximum atomic E-state index is 12.5. The van der Waals surface area contributed by atoms with E-state index in [0.717, 1.165) is 32.1 Å². The van der Waals surface area contributed by atoms with Crippen molar-refractivity contribution in [1.82, 2.24) is 0 Å². The number of nitrogens with two attached hydrogens (primary N) is 1. The van der Waals surface area contributed by atoms with Crippen LogP contribution in [0.5, 0.6) is 0 Å². The highest BCUT2D eigenvalue weighted by molar-refractivity contribution is 5.83. The van der Waals surface area contributed by atoms with Gasteiger partial charge >= 0.3 is 6.18 Å². The molecule has 0 aliphatic heterocycles. The molecule has 0 fully saturated rings. The summed E-state index contributed by atoms with van der Waals surface area (Å²) in [5.74, 6) is -2.91. The number of unbranched alkanes of at least 4 members (excludes halogenated alkanes) is 4. The second kappa shape index (κ2) is 9.02. The predicted octanol–water partition coefficient (Wildman–Crippen LogP) is 2.90. The minimum Gasteiger partial charge on any atom is -0.409 e. The molecule has 0 aromatic carbocycles. The van der Waals surface area contributed by atoms with Gasteiger partial charge < -0.3 is 15.7 Å². The molecule has 0 bridgehead atoms. The zero-order valence-corrected chi connectivity index (χ0v) is 10.5. The number of halogens is 3. The van der Waals surface area contributed by atoms with Crippen LogP contribution in [-0.4, -0.2) is 30.4 Å². The number of hydrogen-bond donors (Lipinski definition) is 2. The number of ether oxygens (including phenoxy) is 1. The first-order chi connectivity index (χ1) is 8.43. The highest BCUT2D eigenvalue weighted by atomic mass is 19.4. The van der Waals surface area contributed by atoms with E-state index >= 15 is 0 Å². The van der Waals surface area contributed by atoms with Gasteiger partial charge in [0.05, 0.1) is 6.61 Å². The average molecular weight is 270 g/mol. The van der Waals surface area contributed by atoms with Crippen LogP contribution in [0, 0.1) is 5.92 Å². The van der Waals surface area contributed by atoms with Crippen molar-refractivity contribution in [2.45, 2.75) is 45.2 Å². The number of alkyl halides is 3. The Bertz CT molecular complexity index is 245. The van der Waals surface area contributed by atoms with Crippen LogP contribution in [0.4, 0.5) is 13.2 Å². The highest BCUT2D eigenvalue weighted by Crippen LogP contribution is 2.26. The summed E-state index contributed by atoms with van der Waals surface area (Å²) in [7, 11) is 0. The van der Waals surface area contributed by atoms with Crippen LogP contribution in [0.15, 0.2) is 5.16 Å². The molecular formula is C11H21F3N2O2. The summed E-state index contributed by atoms with van der Waals surface area (Å²) in [6.07, 6.45) is 0.395. The lowest BCUT2D eigenvalue weighted by Crippen LogP contribution is -2.39. The molecule has 7 heteroatoms. The Kier molecular flexibility index (Phi) is 8.53. The molecule has 0 aliphatic carbocycles. The Morgan fingerprint density at radius 1 is 1.28 bits per heavy atom. The van der Waals surface area contributed by atoms with Gasteiger partial charge in [0.15, 0.2) is 5.84 Å². The first-order valence-corrected chi connectivity index (χ1v) is 6.05. The largest absolute Gasteiger partial charge is 0.409 e. The van der Waals surface area contributed by atoms with E-state index in [0.29, 0.717) is 0 Å². The molecule has 0 rings (SSSR count). The Balaban J connectivity index is 3.86. The number of nitrogens with zero attached hydrogens (tertiary/aromatic N) is 1. The lowest BCUT2D eigenvalue weighted by atomic mass is 10.1. The fraction of sp³-hybridized carbons (Fsp3) is 0.909. The molecule has 3 N–H and O–H groups in total. The van der Waals surface area contributed by atoms with E-state index in [-0.39, 0.29) is 6.61 Å². The molecule has 1 atom stereocenters. The summed E-state index contributed by atoms with van der Waals surface area (Å²) >= 11 is 0. The zero-order chi connectivity index (χ0) is 14.0. The Hall–Kier alpha value is -0.980. The molecule has 0 saturated carbocycles. The van der Waals surface area contributed by atoms with Crippen LogP contribution >= 0.6 is 0 Å². The van der Waals surface area contributed by atoms with E-state index in [9.17, 15) is 13.2 Å². The van der Waals surface area contributed by atoms with Crippen LogP contribution in [0.1, 0.15) is 39.0 Å². The van der Waals surface area contributed by atoms with Crippen molar-refractivity contribution >= 4 is 5.84 Å². The summed E-state index contributed by atoms with van der Waals surface area (Å²) in [6, 6.07) is 0. The minimum absolute atomic E-state index is 0.259. The van der Waals surface area contributed by atoms with Gasteiger partial charge in [0.2, 0.25) is 0 Å². The van der Waals surface area contributed by atoms with E-state index < -0.39 is 24.5 Å². The molecule has 18 heavy (non-hydrogen) atoms. The van der Waals surface area contributed by atoms with Gasteiger partial charge in [0.1, 0.15) is 5.92 Å². The normalized spacial score (nSPS) is 14.8. The molecule has 0 saturated heterocycles. The molecule has 0 aliphatic rings. The third kappa shape index (κ3) is 7.37. The lowest BCUT2D eigenvalue weighted by molar-refractivity contribution is -0.168. The fourth-order valence-electron chi connectivity index (χ4n) is 1.43. The van der Waals surface area contributed by atoms with Crippen LogP contribution in [-0.2, 0) is 4.74 Å². The van der Waals surface area contributed by atoms with Crippen molar-refractivity contribution < 1.29 is 23.1 Å². The van der Waals surface area contributed by atoms with E-state index in [1.165, 1.54) is 0 Å². The van der Waals surface area contributed by atoms with Crippen LogP contribution in [0.25, 0.3) is 0 Å². The van der Waals surface area contributed by atoms with E-state index in [4.69, 9.17) is 15.7 Å². The van der Waals surface area contributed by atoms with Crippen molar-refractivity contribution in [2.24, 2.45) is 16.8 Å². The molecule has 108 valence electrons. The summed E-state index contributed by atoms with van der Waals surface area (Å²) in [4.78, 5) is 0. The molecule has 0 aromatic rings. The third-order valence-electron chi connectivity index (χ3n) is 2.54. The Morgan fingerprint density at radius 3 is 2.39 bits per heavy atom. The van der Waals surface area contributed by atoms with Crippen molar-refractivity contribution in [3.05, 3.63) is 0 Å². The number of amidine groups is 1. The van der Waals surface area contributed by atoms with Crippen LogP contribution in [0.3, 0.4) is 0 Å². The zero-order valence-electron chi connectivity index (χ0n) is 10.5. The van der Waals surface area contributed by atoms with E-state index in [1.807, 2.05) is 0 Å². The van der Waals surface area contributed by atoms with Gasteiger partial charge in [-0.25, -0.2) is 0 Å². The van der Waals surface area contributed by atoms with E-state index in [1.54, 1.807) is 0 Å². The molecule has 0 radical (unpaired) electrons. The van der Waals surface area contributed by atoms with Gasteiger partial charge in [0.25, 0.3) is 0 Å². The van der Waals surface area contributed by atoms with Crippen LogP contribution in [0.2, 0.25) is 0 Å². The summed E-state index contributed by atoms with van der Waals surface area (Å²) < 4.78 is 42.4. The second-order valence-corrected chi connectivity index (χ2v) is 4.11. The molecule has 0 amide bonds. The quantitative estimate of drug-likeness (QED) is 0.222. The summed E-state index contributed by atoms with van der Waals surface area (Å²) in [5, 5.41) is 10.7. The maximum Gasteiger partial charge on any atom is 0.401 e. The maximum absolute atomic E-state index is 12.5. The first-order valence-electron chi connectivity index (χ1n) is 6.05. The van der Waals surface area contributed by atoms with Gasteiger partial charge in [0, 0.05) is 6.61 Å². The van der Waals surface area contributed by atoms with Gasteiger partial charge in [-0.15, -0.1) is 0 Å². The summed E-state index contributed by atoms with van der Waals surface area (Å²) in [5.41, 5.74) is 4.98. The van der Waals surface area contributed by atoms with Crippen molar-refractivity contribution in [3.8, 4) is 0 Å². The number of oxime groups is 1. The van der Waals surface area contributed by atoms with Gasteiger partial charge in [-0.1, -0.05) is 37.8 Å². The number of hydrogen-bond acceptors (Lipinski definition) is 3.